The van der Waals surface area contributed by atoms with Gasteiger partial charge in [-0.3, -0.25) is 19.7 Å². The number of piperidine rings is 1. The Labute approximate surface area is 164 Å². The third kappa shape index (κ3) is 3.98. The normalized spacial score (nSPS) is 14.7. The summed E-state index contributed by atoms with van der Waals surface area (Å²) in [7, 11) is 0. The number of nitro benzene ring substituents is 1. The van der Waals surface area contributed by atoms with Gasteiger partial charge in [-0.25, -0.2) is 13.2 Å². The molecule has 152 valence electrons. The Morgan fingerprint density at radius 3 is 2.24 bits per heavy atom. The lowest BCUT2D eigenvalue weighted by Crippen LogP contribution is -2.40. The van der Waals surface area contributed by atoms with Crippen LogP contribution in [0.4, 0.5) is 18.9 Å². The highest BCUT2D eigenvalue weighted by atomic mass is 19.1. The fourth-order valence-electron chi connectivity index (χ4n) is 3.57. The Morgan fingerprint density at radius 2 is 1.69 bits per heavy atom. The molecule has 3 rings (SSSR count). The number of nitro groups is 1. The van der Waals surface area contributed by atoms with Crippen LogP contribution in [0.5, 0.6) is 0 Å². The molecule has 0 bridgehead atoms. The number of para-hydroxylation sites is 1. The van der Waals surface area contributed by atoms with E-state index < -0.39 is 45.5 Å². The van der Waals surface area contributed by atoms with E-state index in [1.807, 2.05) is 0 Å². The number of likely N-dealkylation sites (tertiary alicyclic amines) is 1. The first-order valence-electron chi connectivity index (χ1n) is 8.92. The Bertz CT molecular complexity index is 978. The second kappa shape index (κ2) is 8.02. The van der Waals surface area contributed by atoms with Crippen molar-refractivity contribution in [3.8, 4) is 0 Å². The van der Waals surface area contributed by atoms with Crippen molar-refractivity contribution >= 4 is 17.4 Å². The molecule has 6 nitrogen and oxygen atoms in total. The summed E-state index contributed by atoms with van der Waals surface area (Å²) in [6, 6.07) is 5.35. The van der Waals surface area contributed by atoms with E-state index in [1.54, 1.807) is 6.07 Å². The lowest BCUT2D eigenvalue weighted by atomic mass is 9.88. The molecule has 0 spiro atoms. The van der Waals surface area contributed by atoms with Crippen LogP contribution in [0.15, 0.2) is 30.3 Å². The van der Waals surface area contributed by atoms with Gasteiger partial charge in [-0.2, -0.15) is 0 Å². The molecule has 0 N–H and O–H groups in total. The van der Waals surface area contributed by atoms with Gasteiger partial charge in [-0.05, 0) is 25.8 Å². The van der Waals surface area contributed by atoms with Crippen molar-refractivity contribution in [2.75, 3.05) is 13.1 Å². The van der Waals surface area contributed by atoms with Crippen LogP contribution in [0.3, 0.4) is 0 Å². The van der Waals surface area contributed by atoms with E-state index in [2.05, 4.69) is 0 Å². The van der Waals surface area contributed by atoms with Crippen LogP contribution in [0.2, 0.25) is 0 Å². The molecule has 0 saturated carbocycles. The van der Waals surface area contributed by atoms with Gasteiger partial charge in [0.05, 0.1) is 10.5 Å². The van der Waals surface area contributed by atoms with E-state index >= 15 is 0 Å². The average Bonchev–Trinajstić information content (AvgIpc) is 2.66. The van der Waals surface area contributed by atoms with Gasteiger partial charge < -0.3 is 4.90 Å². The number of rotatable bonds is 4. The minimum atomic E-state index is -1.26. The highest BCUT2D eigenvalue weighted by Crippen LogP contribution is 2.29. The minimum Gasteiger partial charge on any atom is -0.338 e. The summed E-state index contributed by atoms with van der Waals surface area (Å²) in [4.78, 5) is 37.3. The Hall–Kier alpha value is -3.23. The van der Waals surface area contributed by atoms with Gasteiger partial charge in [0.25, 0.3) is 11.6 Å². The van der Waals surface area contributed by atoms with E-state index in [4.69, 9.17) is 0 Å². The molecule has 1 aliphatic heterocycles. The highest BCUT2D eigenvalue weighted by molar-refractivity contribution is 6.00. The molecular weight excluding hydrogens is 389 g/mol. The number of nitrogens with zero attached hydrogens (tertiary/aromatic N) is 2. The van der Waals surface area contributed by atoms with E-state index in [9.17, 15) is 32.9 Å². The number of hydrogen-bond donors (Lipinski definition) is 0. The summed E-state index contributed by atoms with van der Waals surface area (Å²) in [5.41, 5.74) is -0.750. The molecule has 1 fully saturated rings. The zero-order valence-electron chi connectivity index (χ0n) is 15.5. The molecule has 29 heavy (non-hydrogen) atoms. The first-order chi connectivity index (χ1) is 13.7. The predicted molar refractivity (Wildman–Crippen MR) is 97.1 cm³/mol. The summed E-state index contributed by atoms with van der Waals surface area (Å²) in [5, 5.41) is 11.3. The van der Waals surface area contributed by atoms with Crippen LogP contribution in [0.1, 0.15) is 39.1 Å². The van der Waals surface area contributed by atoms with Gasteiger partial charge in [0, 0.05) is 36.7 Å². The number of carbonyl (C=O) groups is 2. The van der Waals surface area contributed by atoms with Crippen molar-refractivity contribution < 1.29 is 27.7 Å². The maximum atomic E-state index is 13.9. The number of hydrogen-bond acceptors (Lipinski definition) is 4. The third-order valence-electron chi connectivity index (χ3n) is 5.06. The van der Waals surface area contributed by atoms with Crippen LogP contribution < -0.4 is 0 Å². The van der Waals surface area contributed by atoms with Crippen LogP contribution in [0, 0.1) is 40.4 Å². The topological polar surface area (TPSA) is 80.5 Å². The number of ketones is 1. The van der Waals surface area contributed by atoms with Crippen molar-refractivity contribution in [3.05, 3.63) is 74.6 Å². The predicted octanol–water partition coefficient (Wildman–Crippen LogP) is 4.06. The molecule has 0 aromatic heterocycles. The van der Waals surface area contributed by atoms with E-state index in [0.29, 0.717) is 17.7 Å². The lowest BCUT2D eigenvalue weighted by molar-refractivity contribution is -0.385. The molecule has 9 heteroatoms. The standard InChI is InChI=1S/C20H17F3N2O4/c1-11-3-2-4-14(18(11)25(28)29)20(27)24-7-5-12(6-8-24)19(26)17-15(22)9-13(21)10-16(17)23/h2-4,9-10,12H,5-8H2,1H3. The highest BCUT2D eigenvalue weighted by Gasteiger charge is 2.33. The van der Waals surface area contributed by atoms with Gasteiger partial charge in [0.1, 0.15) is 23.0 Å². The summed E-state index contributed by atoms with van der Waals surface area (Å²) < 4.78 is 40.8. The van der Waals surface area contributed by atoms with Crippen molar-refractivity contribution in [2.45, 2.75) is 19.8 Å². The summed E-state index contributed by atoms with van der Waals surface area (Å²) in [5.74, 6) is -5.69. The van der Waals surface area contributed by atoms with E-state index in [1.165, 1.54) is 24.0 Å². The molecule has 1 amide bonds. The number of carbonyl (C=O) groups excluding carboxylic acids is 2. The maximum absolute atomic E-state index is 13.9. The monoisotopic (exact) mass is 406 g/mol. The maximum Gasteiger partial charge on any atom is 0.285 e. The van der Waals surface area contributed by atoms with E-state index in [0.717, 1.165) is 0 Å². The van der Waals surface area contributed by atoms with Crippen LogP contribution in [0.25, 0.3) is 0 Å². The third-order valence-corrected chi connectivity index (χ3v) is 5.06. The van der Waals surface area contributed by atoms with Gasteiger partial charge >= 0.3 is 0 Å². The quantitative estimate of drug-likeness (QED) is 0.436. The summed E-state index contributed by atoms with van der Waals surface area (Å²) in [6.07, 6.45) is 0.279. The average molecular weight is 406 g/mol. The number of benzene rings is 2. The van der Waals surface area contributed by atoms with Crippen molar-refractivity contribution in [1.29, 1.82) is 0 Å². The second-order valence-corrected chi connectivity index (χ2v) is 6.90. The fourth-order valence-corrected chi connectivity index (χ4v) is 3.57. The zero-order chi connectivity index (χ0) is 21.3. The van der Waals surface area contributed by atoms with Gasteiger partial charge in [-0.15, -0.1) is 0 Å². The molecule has 1 aliphatic rings. The number of aryl methyl sites for hydroxylation is 1. The summed E-state index contributed by atoms with van der Waals surface area (Å²) in [6.45, 7) is 1.74. The van der Waals surface area contributed by atoms with Crippen molar-refractivity contribution in [3.63, 3.8) is 0 Å². The van der Waals surface area contributed by atoms with E-state index in [-0.39, 0.29) is 37.2 Å². The van der Waals surface area contributed by atoms with Gasteiger partial charge in [-0.1, -0.05) is 12.1 Å². The molecule has 0 radical (unpaired) electrons. The molecule has 0 unspecified atom stereocenters. The SMILES string of the molecule is Cc1cccc(C(=O)N2CCC(C(=O)c3c(F)cc(F)cc3F)CC2)c1[N+](=O)[O-]. The Balaban J connectivity index is 1.75. The van der Waals surface area contributed by atoms with Crippen molar-refractivity contribution in [1.82, 2.24) is 4.90 Å². The van der Waals surface area contributed by atoms with Crippen LogP contribution >= 0.6 is 0 Å². The fraction of sp³-hybridized carbons (Fsp3) is 0.300. The Morgan fingerprint density at radius 1 is 1.10 bits per heavy atom. The lowest BCUT2D eigenvalue weighted by Gasteiger charge is -2.31. The molecule has 1 saturated heterocycles. The number of amides is 1. The second-order valence-electron chi connectivity index (χ2n) is 6.90. The minimum absolute atomic E-state index is 0.0459. The Kier molecular flexibility index (Phi) is 5.67. The van der Waals surface area contributed by atoms with Gasteiger partial charge in [0.2, 0.25) is 0 Å². The number of Topliss-reactive ketones (excluding diaryl/α,β-unsaturated/α-hetero) is 1. The van der Waals surface area contributed by atoms with Crippen LogP contribution in [-0.2, 0) is 0 Å². The first kappa shape index (κ1) is 20.5. The summed E-state index contributed by atoms with van der Waals surface area (Å²) >= 11 is 0. The molecular formula is C20H17F3N2O4. The zero-order valence-corrected chi connectivity index (χ0v) is 15.5. The molecule has 2 aromatic carbocycles. The smallest absolute Gasteiger partial charge is 0.285 e. The molecule has 2 aromatic rings. The van der Waals surface area contributed by atoms with Gasteiger partial charge in [0.15, 0.2) is 5.78 Å². The molecule has 0 atom stereocenters. The number of halogens is 3. The largest absolute Gasteiger partial charge is 0.338 e. The van der Waals surface area contributed by atoms with Crippen LogP contribution in [-0.4, -0.2) is 34.6 Å². The van der Waals surface area contributed by atoms with Crippen molar-refractivity contribution in [2.24, 2.45) is 5.92 Å². The first-order valence-corrected chi connectivity index (χ1v) is 8.92. The molecule has 1 heterocycles. The molecule has 0 aliphatic carbocycles.